The van der Waals surface area contributed by atoms with Crippen LogP contribution >= 0.6 is 12.4 Å². The Morgan fingerprint density at radius 1 is 1.75 bits per heavy atom. The van der Waals surface area contributed by atoms with Crippen molar-refractivity contribution in [3.8, 4) is 0 Å². The van der Waals surface area contributed by atoms with Crippen LogP contribution < -0.4 is 0 Å². The lowest BCUT2D eigenvalue weighted by Crippen LogP contribution is -1.41. The van der Waals surface area contributed by atoms with E-state index >= 15 is 0 Å². The van der Waals surface area contributed by atoms with Crippen LogP contribution in [0, 0.1) is 0 Å². The molecule has 0 aromatic rings. The molecule has 4 heavy (non-hydrogen) atoms. The summed E-state index contributed by atoms with van der Waals surface area (Å²) in [7, 11) is 0. The van der Waals surface area contributed by atoms with Gasteiger partial charge in [0, 0.05) is 0 Å². The SMILES string of the molecule is C[CH2][Al].Cl. The van der Waals surface area contributed by atoms with Crippen LogP contribution in [-0.4, -0.2) is 16.3 Å². The van der Waals surface area contributed by atoms with Crippen LogP contribution in [0.25, 0.3) is 0 Å². The maximum absolute atomic E-state index is 2.58. The van der Waals surface area contributed by atoms with Crippen LogP contribution in [0.2, 0.25) is 5.28 Å². The van der Waals surface area contributed by atoms with Gasteiger partial charge in [-0.05, 0) is 0 Å². The van der Waals surface area contributed by atoms with Crippen LogP contribution in [0.4, 0.5) is 0 Å². The van der Waals surface area contributed by atoms with Gasteiger partial charge < -0.3 is 0 Å². The van der Waals surface area contributed by atoms with Crippen molar-refractivity contribution in [3.05, 3.63) is 0 Å². The Morgan fingerprint density at radius 3 is 1.75 bits per heavy atom. The minimum Gasteiger partial charge on any atom is -0.147 e. The molecule has 0 rings (SSSR count). The van der Waals surface area contributed by atoms with E-state index in [1.807, 2.05) is 0 Å². The summed E-state index contributed by atoms with van der Waals surface area (Å²) in [5, 5.41) is 1.17. The third-order valence-electron chi connectivity index (χ3n) is 0. The monoisotopic (exact) mass is 92.0 g/mol. The fourth-order valence-corrected chi connectivity index (χ4v) is 0. The maximum atomic E-state index is 2.58. The molecule has 0 N–H and O–H groups in total. The first kappa shape index (κ1) is 8.85. The molecule has 0 saturated carbocycles. The third-order valence-corrected chi connectivity index (χ3v) is 0. The summed E-state index contributed by atoms with van der Waals surface area (Å²) in [6.07, 6.45) is 0. The smallest absolute Gasteiger partial charge is 0.117 e. The Labute approximate surface area is 41.4 Å². The average molecular weight is 92.5 g/mol. The van der Waals surface area contributed by atoms with E-state index < -0.39 is 0 Å². The standard InChI is InChI=1S/C2H5.Al.ClH/c1-2;;/h1H2,2H3;;1H. The van der Waals surface area contributed by atoms with Crippen molar-refractivity contribution in [2.45, 2.75) is 12.2 Å². The first-order valence-corrected chi connectivity index (χ1v) is 1.93. The van der Waals surface area contributed by atoms with Crippen molar-refractivity contribution in [3.63, 3.8) is 0 Å². The second-order valence-electron chi connectivity index (χ2n) is 0.408. The van der Waals surface area contributed by atoms with Crippen LogP contribution in [0.15, 0.2) is 0 Å². The molecule has 0 bridgehead atoms. The highest BCUT2D eigenvalue weighted by atomic mass is 35.5. The summed E-state index contributed by atoms with van der Waals surface area (Å²) in [4.78, 5) is 0. The molecule has 2 radical (unpaired) electrons. The fourth-order valence-electron chi connectivity index (χ4n) is 0. The highest BCUT2D eigenvalue weighted by molar-refractivity contribution is 6.08. The normalized spacial score (nSPS) is 4.25. The molecule has 0 nitrogen and oxygen atoms in total. The van der Waals surface area contributed by atoms with E-state index in [9.17, 15) is 0 Å². The summed E-state index contributed by atoms with van der Waals surface area (Å²) in [5.41, 5.74) is 0. The van der Waals surface area contributed by atoms with Crippen molar-refractivity contribution in [1.82, 2.24) is 0 Å². The number of hydrogen-bond donors (Lipinski definition) is 0. The lowest BCUT2D eigenvalue weighted by atomic mass is 11.0. The minimum absolute atomic E-state index is 0. The van der Waals surface area contributed by atoms with E-state index in [0.717, 1.165) is 0 Å². The molecule has 0 atom stereocenters. The van der Waals surface area contributed by atoms with Gasteiger partial charge in [0.05, 0.1) is 0 Å². The largest absolute Gasteiger partial charge is 0.147 e. The molecular weight excluding hydrogens is 86.5 g/mol. The van der Waals surface area contributed by atoms with E-state index in [0.29, 0.717) is 0 Å². The predicted octanol–water partition coefficient (Wildman–Crippen LogP) is 1.01. The average Bonchev–Trinajstić information content (AvgIpc) is 0.918. The zero-order valence-electron chi connectivity index (χ0n) is 2.69. The summed E-state index contributed by atoms with van der Waals surface area (Å²) in [5.74, 6) is 0. The molecule has 0 aromatic heterocycles. The maximum Gasteiger partial charge on any atom is 0.117 e. The Kier molecular flexibility index (Phi) is 20.3. The van der Waals surface area contributed by atoms with Crippen molar-refractivity contribution < 1.29 is 0 Å². The summed E-state index contributed by atoms with van der Waals surface area (Å²) in [6, 6.07) is 0. The lowest BCUT2D eigenvalue weighted by Gasteiger charge is -1.47. The topological polar surface area (TPSA) is 0 Å². The summed E-state index contributed by atoms with van der Waals surface area (Å²) in [6.45, 7) is 2.09. The van der Waals surface area contributed by atoms with E-state index in [4.69, 9.17) is 0 Å². The van der Waals surface area contributed by atoms with Gasteiger partial charge in [-0.2, -0.15) is 0 Å². The van der Waals surface area contributed by atoms with Crippen molar-refractivity contribution in [2.75, 3.05) is 0 Å². The Balaban J connectivity index is 0. The Hall–Kier alpha value is 0.822. The van der Waals surface area contributed by atoms with Crippen molar-refractivity contribution in [1.29, 1.82) is 0 Å². The number of halogens is 1. The second-order valence-corrected chi connectivity index (χ2v) is 1.22. The lowest BCUT2D eigenvalue weighted by molar-refractivity contribution is 1.48. The highest BCUT2D eigenvalue weighted by Crippen LogP contribution is 1.49. The van der Waals surface area contributed by atoms with Crippen LogP contribution in [0.5, 0.6) is 0 Å². The molecular formula is C2H6AlCl. The zero-order valence-corrected chi connectivity index (χ0v) is 4.66. The van der Waals surface area contributed by atoms with Gasteiger partial charge in [-0.3, -0.25) is 0 Å². The summed E-state index contributed by atoms with van der Waals surface area (Å²) >= 11 is 2.58. The third kappa shape index (κ3) is 13.9. The molecule has 0 aliphatic carbocycles. The van der Waals surface area contributed by atoms with Crippen LogP contribution in [0.3, 0.4) is 0 Å². The number of hydrogen-bond acceptors (Lipinski definition) is 0. The Bertz CT molecular complexity index is 6.00. The zero-order chi connectivity index (χ0) is 2.71. The van der Waals surface area contributed by atoms with Gasteiger partial charge in [0.2, 0.25) is 0 Å². The first-order valence-electron chi connectivity index (χ1n) is 1.12. The van der Waals surface area contributed by atoms with Gasteiger partial charge in [-0.1, -0.05) is 6.92 Å². The van der Waals surface area contributed by atoms with Gasteiger partial charge in [0.25, 0.3) is 0 Å². The molecule has 24 valence electrons. The van der Waals surface area contributed by atoms with Crippen molar-refractivity contribution >= 4 is 28.7 Å². The van der Waals surface area contributed by atoms with E-state index in [1.165, 1.54) is 5.28 Å². The first-order chi connectivity index (χ1) is 1.41. The molecule has 2 heteroatoms. The molecule has 0 unspecified atom stereocenters. The van der Waals surface area contributed by atoms with Gasteiger partial charge in [-0.15, -0.1) is 17.7 Å². The summed E-state index contributed by atoms with van der Waals surface area (Å²) < 4.78 is 0. The molecule has 0 saturated heterocycles. The molecule has 0 aromatic carbocycles. The molecule has 0 aliphatic rings. The predicted molar refractivity (Wildman–Crippen MR) is 23.5 cm³/mol. The molecule has 0 fully saturated rings. The van der Waals surface area contributed by atoms with Gasteiger partial charge >= 0.3 is 0 Å². The molecule has 0 aliphatic heterocycles. The number of rotatable bonds is 0. The van der Waals surface area contributed by atoms with E-state index in [-0.39, 0.29) is 12.4 Å². The van der Waals surface area contributed by atoms with E-state index in [2.05, 4.69) is 23.2 Å². The fraction of sp³-hybridized carbons (Fsp3) is 1.00. The molecule has 0 spiro atoms. The van der Waals surface area contributed by atoms with Crippen molar-refractivity contribution in [2.24, 2.45) is 0 Å². The molecule has 0 amide bonds. The van der Waals surface area contributed by atoms with Gasteiger partial charge in [0.15, 0.2) is 0 Å². The Morgan fingerprint density at radius 2 is 1.75 bits per heavy atom. The van der Waals surface area contributed by atoms with E-state index in [1.54, 1.807) is 0 Å². The van der Waals surface area contributed by atoms with Crippen LogP contribution in [-0.2, 0) is 0 Å². The highest BCUT2D eigenvalue weighted by Gasteiger charge is 1.37. The minimum atomic E-state index is 0. The van der Waals surface area contributed by atoms with Crippen LogP contribution in [0.1, 0.15) is 6.92 Å². The quantitative estimate of drug-likeness (QED) is 0.391. The van der Waals surface area contributed by atoms with Gasteiger partial charge in [0.1, 0.15) is 16.3 Å². The second kappa shape index (κ2) is 9.17. The molecule has 0 heterocycles. The van der Waals surface area contributed by atoms with Gasteiger partial charge in [-0.25, -0.2) is 0 Å².